The minimum absolute atomic E-state index is 0.0629. The average molecular weight is 270 g/mol. The van der Waals surface area contributed by atoms with Crippen LogP contribution in [0.25, 0.3) is 11.3 Å². The van der Waals surface area contributed by atoms with Gasteiger partial charge in [0.25, 0.3) is 5.69 Å². The van der Waals surface area contributed by atoms with Crippen molar-refractivity contribution in [3.05, 3.63) is 46.5 Å². The number of rotatable bonds is 3. The maximum absolute atomic E-state index is 10.8. The van der Waals surface area contributed by atoms with Crippen LogP contribution in [0.3, 0.4) is 0 Å². The van der Waals surface area contributed by atoms with E-state index in [0.717, 1.165) is 18.9 Å². The van der Waals surface area contributed by atoms with Crippen LogP contribution in [0.15, 0.2) is 36.4 Å². The summed E-state index contributed by atoms with van der Waals surface area (Å²) in [6.45, 7) is 2.04. The topological polar surface area (TPSA) is 72.2 Å². The summed E-state index contributed by atoms with van der Waals surface area (Å²) in [6.07, 6.45) is 2.38. The number of nitro groups is 1. The van der Waals surface area contributed by atoms with Crippen LogP contribution in [0.2, 0.25) is 0 Å². The van der Waals surface area contributed by atoms with E-state index in [1.807, 2.05) is 12.1 Å². The first-order chi connectivity index (χ1) is 9.74. The second-order valence-electron chi connectivity index (χ2n) is 4.78. The summed E-state index contributed by atoms with van der Waals surface area (Å²) < 4.78 is 0. The number of aromatic nitrogens is 2. The first-order valence-corrected chi connectivity index (χ1v) is 6.57. The Morgan fingerprint density at radius 3 is 2.55 bits per heavy atom. The van der Waals surface area contributed by atoms with Crippen molar-refractivity contribution in [1.29, 1.82) is 0 Å². The van der Waals surface area contributed by atoms with Crippen molar-refractivity contribution in [1.82, 2.24) is 10.2 Å². The molecule has 0 atom stereocenters. The molecule has 1 aliphatic rings. The lowest BCUT2D eigenvalue weighted by Gasteiger charge is -2.15. The van der Waals surface area contributed by atoms with Crippen LogP contribution in [-0.4, -0.2) is 28.2 Å². The first-order valence-electron chi connectivity index (χ1n) is 6.57. The van der Waals surface area contributed by atoms with Gasteiger partial charge in [-0.3, -0.25) is 10.1 Å². The minimum Gasteiger partial charge on any atom is -0.355 e. The molecule has 102 valence electrons. The normalized spacial score (nSPS) is 14.5. The molecule has 0 amide bonds. The molecule has 20 heavy (non-hydrogen) atoms. The molecule has 3 rings (SSSR count). The van der Waals surface area contributed by atoms with E-state index in [2.05, 4.69) is 15.1 Å². The molecule has 0 aliphatic carbocycles. The van der Waals surface area contributed by atoms with Crippen LogP contribution in [-0.2, 0) is 0 Å². The third-order valence-electron chi connectivity index (χ3n) is 3.43. The zero-order valence-electron chi connectivity index (χ0n) is 10.9. The monoisotopic (exact) mass is 270 g/mol. The Morgan fingerprint density at radius 1 is 1.10 bits per heavy atom. The van der Waals surface area contributed by atoms with Crippen LogP contribution in [0.4, 0.5) is 11.5 Å². The predicted molar refractivity (Wildman–Crippen MR) is 75.6 cm³/mol. The van der Waals surface area contributed by atoms with Crippen LogP contribution >= 0.6 is 0 Å². The van der Waals surface area contributed by atoms with Gasteiger partial charge in [-0.1, -0.05) is 12.1 Å². The van der Waals surface area contributed by atoms with Crippen LogP contribution < -0.4 is 4.90 Å². The molecule has 2 heterocycles. The van der Waals surface area contributed by atoms with Gasteiger partial charge < -0.3 is 4.90 Å². The number of hydrogen-bond acceptors (Lipinski definition) is 5. The molecule has 0 radical (unpaired) electrons. The second kappa shape index (κ2) is 5.24. The summed E-state index contributed by atoms with van der Waals surface area (Å²) >= 11 is 0. The molecule has 1 aliphatic heterocycles. The quantitative estimate of drug-likeness (QED) is 0.633. The first kappa shape index (κ1) is 12.5. The van der Waals surface area contributed by atoms with Gasteiger partial charge in [0.15, 0.2) is 5.82 Å². The van der Waals surface area contributed by atoms with Crippen LogP contribution in [0.1, 0.15) is 12.8 Å². The zero-order chi connectivity index (χ0) is 13.9. The van der Waals surface area contributed by atoms with Gasteiger partial charge in [-0.25, -0.2) is 0 Å². The Kier molecular flexibility index (Phi) is 3.28. The van der Waals surface area contributed by atoms with Gasteiger partial charge >= 0.3 is 0 Å². The van der Waals surface area contributed by atoms with E-state index in [1.54, 1.807) is 12.1 Å². The number of nitro benzene ring substituents is 1. The number of non-ortho nitro benzene ring substituents is 1. The Hall–Kier alpha value is -2.50. The van der Waals surface area contributed by atoms with Crippen LogP contribution in [0, 0.1) is 10.1 Å². The third kappa shape index (κ3) is 2.45. The highest BCUT2D eigenvalue weighted by molar-refractivity contribution is 5.62. The molecule has 1 aromatic heterocycles. The third-order valence-corrected chi connectivity index (χ3v) is 3.43. The molecular weight excluding hydrogens is 256 g/mol. The zero-order valence-corrected chi connectivity index (χ0v) is 10.9. The Bertz CT molecular complexity index is 621. The molecule has 0 spiro atoms. The van der Waals surface area contributed by atoms with Gasteiger partial charge in [-0.2, -0.15) is 0 Å². The van der Waals surface area contributed by atoms with Gasteiger partial charge in [-0.05, 0) is 25.0 Å². The largest absolute Gasteiger partial charge is 0.355 e. The van der Waals surface area contributed by atoms with Crippen molar-refractivity contribution in [2.75, 3.05) is 18.0 Å². The second-order valence-corrected chi connectivity index (χ2v) is 4.78. The SMILES string of the molecule is O=[N+]([O-])c1cccc(-c2ccc(N3CCCC3)nn2)c1. The average Bonchev–Trinajstić information content (AvgIpc) is 3.02. The van der Waals surface area contributed by atoms with E-state index in [1.165, 1.54) is 25.0 Å². The molecule has 0 saturated carbocycles. The molecular formula is C14H14N4O2. The van der Waals surface area contributed by atoms with Gasteiger partial charge in [0.1, 0.15) is 0 Å². The van der Waals surface area contributed by atoms with Crippen molar-refractivity contribution in [3.63, 3.8) is 0 Å². The molecule has 1 fully saturated rings. The van der Waals surface area contributed by atoms with E-state index in [0.29, 0.717) is 11.3 Å². The molecule has 0 N–H and O–H groups in total. The molecule has 1 saturated heterocycles. The van der Waals surface area contributed by atoms with E-state index in [9.17, 15) is 10.1 Å². The van der Waals surface area contributed by atoms with Gasteiger partial charge in [0, 0.05) is 30.8 Å². The number of benzene rings is 1. The lowest BCUT2D eigenvalue weighted by atomic mass is 10.1. The molecule has 6 nitrogen and oxygen atoms in total. The highest BCUT2D eigenvalue weighted by atomic mass is 16.6. The van der Waals surface area contributed by atoms with Crippen molar-refractivity contribution in [2.24, 2.45) is 0 Å². The minimum atomic E-state index is -0.407. The fraction of sp³-hybridized carbons (Fsp3) is 0.286. The van der Waals surface area contributed by atoms with E-state index >= 15 is 0 Å². The molecule has 1 aromatic carbocycles. The number of anilines is 1. The highest BCUT2D eigenvalue weighted by Crippen LogP contribution is 2.23. The van der Waals surface area contributed by atoms with Gasteiger partial charge in [0.2, 0.25) is 0 Å². The molecule has 2 aromatic rings. The molecule has 6 heteroatoms. The van der Waals surface area contributed by atoms with E-state index < -0.39 is 4.92 Å². The molecule has 0 bridgehead atoms. The van der Waals surface area contributed by atoms with Crippen molar-refractivity contribution < 1.29 is 4.92 Å². The maximum atomic E-state index is 10.8. The van der Waals surface area contributed by atoms with Crippen LogP contribution in [0.5, 0.6) is 0 Å². The Balaban J connectivity index is 1.87. The van der Waals surface area contributed by atoms with Crippen molar-refractivity contribution >= 4 is 11.5 Å². The summed E-state index contributed by atoms with van der Waals surface area (Å²) in [5, 5.41) is 19.2. The van der Waals surface area contributed by atoms with Gasteiger partial charge in [-0.15, -0.1) is 10.2 Å². The summed E-state index contributed by atoms with van der Waals surface area (Å²) in [7, 11) is 0. The summed E-state index contributed by atoms with van der Waals surface area (Å²) in [4.78, 5) is 12.6. The fourth-order valence-electron chi connectivity index (χ4n) is 2.37. The van der Waals surface area contributed by atoms with E-state index in [4.69, 9.17) is 0 Å². The fourth-order valence-corrected chi connectivity index (χ4v) is 2.37. The summed E-state index contributed by atoms with van der Waals surface area (Å²) in [6, 6.07) is 10.2. The highest BCUT2D eigenvalue weighted by Gasteiger charge is 2.14. The Morgan fingerprint density at radius 2 is 1.90 bits per heavy atom. The Labute approximate surface area is 116 Å². The maximum Gasteiger partial charge on any atom is 0.270 e. The molecule has 0 unspecified atom stereocenters. The van der Waals surface area contributed by atoms with E-state index in [-0.39, 0.29) is 5.69 Å². The summed E-state index contributed by atoms with van der Waals surface area (Å²) in [5.74, 6) is 0.872. The summed E-state index contributed by atoms with van der Waals surface area (Å²) in [5.41, 5.74) is 1.42. The van der Waals surface area contributed by atoms with Crippen molar-refractivity contribution in [2.45, 2.75) is 12.8 Å². The lowest BCUT2D eigenvalue weighted by molar-refractivity contribution is -0.384. The predicted octanol–water partition coefficient (Wildman–Crippen LogP) is 2.65. The number of nitrogens with zero attached hydrogens (tertiary/aromatic N) is 4. The lowest BCUT2D eigenvalue weighted by Crippen LogP contribution is -2.19. The number of hydrogen-bond donors (Lipinski definition) is 0. The van der Waals surface area contributed by atoms with Gasteiger partial charge in [0.05, 0.1) is 10.6 Å². The smallest absolute Gasteiger partial charge is 0.270 e. The standard InChI is InChI=1S/C14H14N4O2/c19-18(20)12-5-3-4-11(10-12)13-6-7-14(16-15-13)17-8-1-2-9-17/h3-7,10H,1-2,8-9H2. The van der Waals surface area contributed by atoms with Crippen molar-refractivity contribution in [3.8, 4) is 11.3 Å².